The van der Waals surface area contributed by atoms with Crippen LogP contribution in [0.2, 0.25) is 0 Å². The average Bonchev–Trinajstić information content (AvgIpc) is 3.09. The van der Waals surface area contributed by atoms with Crippen LogP contribution in [-0.2, 0) is 0 Å². The minimum absolute atomic E-state index is 0.619. The van der Waals surface area contributed by atoms with Gasteiger partial charge in [0.2, 0.25) is 5.95 Å². The largest absolute Gasteiger partial charge is 0.356 e. The second-order valence-corrected chi connectivity index (χ2v) is 5.45. The van der Waals surface area contributed by atoms with Crippen molar-refractivity contribution in [1.29, 1.82) is 0 Å². The Hall–Kier alpha value is -2.69. The van der Waals surface area contributed by atoms with E-state index in [1.54, 1.807) is 12.4 Å². The Bertz CT molecular complexity index is 781. The summed E-state index contributed by atoms with van der Waals surface area (Å²) in [5.41, 5.74) is 1.86. The molecule has 22 heavy (non-hydrogen) atoms. The van der Waals surface area contributed by atoms with Crippen LogP contribution in [0.5, 0.6) is 0 Å². The van der Waals surface area contributed by atoms with Gasteiger partial charge in [0.05, 0.1) is 17.4 Å². The number of pyridine rings is 1. The zero-order valence-electron chi connectivity index (χ0n) is 12.2. The minimum atomic E-state index is 0.619. The molecule has 4 rings (SSSR count). The first-order chi connectivity index (χ1) is 10.9. The molecular formula is C17H17N5. The fourth-order valence-corrected chi connectivity index (χ4v) is 2.85. The molecule has 0 spiro atoms. The third-order valence-corrected chi connectivity index (χ3v) is 3.91. The second-order valence-electron chi connectivity index (χ2n) is 5.45. The molecule has 3 heterocycles. The standard InChI is InChI=1S/C17H17N5/c1-2-8-15-14(7-1)16(22-10-3-4-11-22)21-17(20-15)19-13-6-5-9-18-12-13/h1-2,5-9,12H,3-4,10-11H2,(H,19,20,21). The lowest BCUT2D eigenvalue weighted by atomic mass is 10.2. The highest BCUT2D eigenvalue weighted by molar-refractivity contribution is 5.90. The van der Waals surface area contributed by atoms with Gasteiger partial charge >= 0.3 is 0 Å². The van der Waals surface area contributed by atoms with E-state index in [0.29, 0.717) is 5.95 Å². The maximum atomic E-state index is 4.75. The molecule has 110 valence electrons. The summed E-state index contributed by atoms with van der Waals surface area (Å²) in [5.74, 6) is 1.64. The number of anilines is 3. The Morgan fingerprint density at radius 1 is 0.955 bits per heavy atom. The van der Waals surface area contributed by atoms with Crippen LogP contribution in [0.3, 0.4) is 0 Å². The van der Waals surface area contributed by atoms with E-state index in [-0.39, 0.29) is 0 Å². The Balaban J connectivity index is 1.79. The van der Waals surface area contributed by atoms with Gasteiger partial charge in [-0.1, -0.05) is 12.1 Å². The predicted molar refractivity (Wildman–Crippen MR) is 88.5 cm³/mol. The van der Waals surface area contributed by atoms with Crippen molar-refractivity contribution in [3.05, 3.63) is 48.8 Å². The van der Waals surface area contributed by atoms with Crippen LogP contribution in [0, 0.1) is 0 Å². The summed E-state index contributed by atoms with van der Waals surface area (Å²) in [7, 11) is 0. The van der Waals surface area contributed by atoms with Crippen LogP contribution >= 0.6 is 0 Å². The van der Waals surface area contributed by atoms with Gasteiger partial charge in [-0.05, 0) is 37.1 Å². The van der Waals surface area contributed by atoms with E-state index >= 15 is 0 Å². The summed E-state index contributed by atoms with van der Waals surface area (Å²) < 4.78 is 0. The van der Waals surface area contributed by atoms with E-state index in [1.165, 1.54) is 12.8 Å². The molecule has 1 aliphatic rings. The number of hydrogen-bond donors (Lipinski definition) is 1. The van der Waals surface area contributed by atoms with Crippen LogP contribution in [0.1, 0.15) is 12.8 Å². The Kier molecular flexibility index (Phi) is 3.31. The minimum Gasteiger partial charge on any atom is -0.356 e. The molecule has 0 amide bonds. The number of para-hydroxylation sites is 1. The van der Waals surface area contributed by atoms with Gasteiger partial charge in [0.25, 0.3) is 0 Å². The van der Waals surface area contributed by atoms with Gasteiger partial charge in [-0.2, -0.15) is 4.98 Å². The second kappa shape index (κ2) is 5.60. The molecule has 0 unspecified atom stereocenters. The molecule has 1 saturated heterocycles. The third kappa shape index (κ3) is 2.45. The first-order valence-electron chi connectivity index (χ1n) is 7.59. The Morgan fingerprint density at radius 2 is 1.82 bits per heavy atom. The number of hydrogen-bond acceptors (Lipinski definition) is 5. The van der Waals surface area contributed by atoms with Crippen molar-refractivity contribution in [2.45, 2.75) is 12.8 Å². The molecule has 3 aromatic rings. The predicted octanol–water partition coefficient (Wildman–Crippen LogP) is 3.37. The van der Waals surface area contributed by atoms with Crippen molar-refractivity contribution in [1.82, 2.24) is 15.0 Å². The summed E-state index contributed by atoms with van der Waals surface area (Å²) in [4.78, 5) is 15.8. The first kappa shape index (κ1) is 13.0. The molecule has 0 saturated carbocycles. The number of nitrogens with zero attached hydrogens (tertiary/aromatic N) is 4. The number of aromatic nitrogens is 3. The zero-order chi connectivity index (χ0) is 14.8. The van der Waals surface area contributed by atoms with Crippen molar-refractivity contribution in [2.24, 2.45) is 0 Å². The SMILES string of the molecule is c1cncc(Nc2nc(N3CCCC3)c3ccccc3n2)c1. The molecule has 2 aromatic heterocycles. The van der Waals surface area contributed by atoms with Gasteiger partial charge in [0, 0.05) is 24.7 Å². The van der Waals surface area contributed by atoms with Gasteiger partial charge in [0.1, 0.15) is 5.82 Å². The topological polar surface area (TPSA) is 53.9 Å². The molecule has 1 aliphatic heterocycles. The van der Waals surface area contributed by atoms with Crippen LogP contribution in [0.4, 0.5) is 17.5 Å². The maximum Gasteiger partial charge on any atom is 0.229 e. The smallest absolute Gasteiger partial charge is 0.229 e. The van der Waals surface area contributed by atoms with Crippen LogP contribution in [0.25, 0.3) is 10.9 Å². The molecule has 0 aliphatic carbocycles. The Labute approximate surface area is 129 Å². The molecule has 1 fully saturated rings. The lowest BCUT2D eigenvalue weighted by Crippen LogP contribution is -2.20. The van der Waals surface area contributed by atoms with Crippen LogP contribution < -0.4 is 10.2 Å². The normalized spacial score (nSPS) is 14.5. The van der Waals surface area contributed by atoms with E-state index in [0.717, 1.165) is 35.5 Å². The summed E-state index contributed by atoms with van der Waals surface area (Å²) in [6.45, 7) is 2.13. The summed E-state index contributed by atoms with van der Waals surface area (Å²) in [6.07, 6.45) is 5.98. The molecule has 0 bridgehead atoms. The molecule has 5 heteroatoms. The fourth-order valence-electron chi connectivity index (χ4n) is 2.85. The number of nitrogens with one attached hydrogen (secondary N) is 1. The van der Waals surface area contributed by atoms with Gasteiger partial charge in [-0.3, -0.25) is 4.98 Å². The van der Waals surface area contributed by atoms with Crippen molar-refractivity contribution in [2.75, 3.05) is 23.3 Å². The van der Waals surface area contributed by atoms with E-state index in [4.69, 9.17) is 4.98 Å². The molecule has 1 aromatic carbocycles. The van der Waals surface area contributed by atoms with Crippen molar-refractivity contribution in [3.63, 3.8) is 0 Å². The first-order valence-corrected chi connectivity index (χ1v) is 7.59. The van der Waals surface area contributed by atoms with Gasteiger partial charge in [-0.15, -0.1) is 0 Å². The zero-order valence-corrected chi connectivity index (χ0v) is 12.2. The van der Waals surface area contributed by atoms with Crippen molar-refractivity contribution in [3.8, 4) is 0 Å². The highest BCUT2D eigenvalue weighted by Crippen LogP contribution is 2.28. The van der Waals surface area contributed by atoms with E-state index in [9.17, 15) is 0 Å². The highest BCUT2D eigenvalue weighted by atomic mass is 15.2. The lowest BCUT2D eigenvalue weighted by molar-refractivity contribution is 0.941. The van der Waals surface area contributed by atoms with E-state index < -0.39 is 0 Å². The molecular weight excluding hydrogens is 274 g/mol. The lowest BCUT2D eigenvalue weighted by Gasteiger charge is -2.19. The molecule has 1 N–H and O–H groups in total. The van der Waals surface area contributed by atoms with E-state index in [1.807, 2.05) is 30.3 Å². The van der Waals surface area contributed by atoms with Crippen LogP contribution in [-0.4, -0.2) is 28.0 Å². The van der Waals surface area contributed by atoms with Gasteiger partial charge in [0.15, 0.2) is 0 Å². The molecule has 0 atom stereocenters. The summed E-state index contributed by atoms with van der Waals surface area (Å²) in [6, 6.07) is 12.0. The highest BCUT2D eigenvalue weighted by Gasteiger charge is 2.18. The number of fused-ring (bicyclic) bond motifs is 1. The molecule has 0 radical (unpaired) electrons. The maximum absolute atomic E-state index is 4.75. The summed E-state index contributed by atoms with van der Waals surface area (Å²) >= 11 is 0. The van der Waals surface area contributed by atoms with E-state index in [2.05, 4.69) is 26.3 Å². The quantitative estimate of drug-likeness (QED) is 0.802. The summed E-state index contributed by atoms with van der Waals surface area (Å²) in [5, 5.41) is 4.36. The molecule has 5 nitrogen and oxygen atoms in total. The van der Waals surface area contributed by atoms with Crippen LogP contribution in [0.15, 0.2) is 48.8 Å². The Morgan fingerprint density at radius 3 is 2.64 bits per heavy atom. The monoisotopic (exact) mass is 291 g/mol. The van der Waals surface area contributed by atoms with Crippen molar-refractivity contribution < 1.29 is 0 Å². The van der Waals surface area contributed by atoms with Crippen molar-refractivity contribution >= 4 is 28.4 Å². The van der Waals surface area contributed by atoms with Gasteiger partial charge in [-0.25, -0.2) is 4.98 Å². The van der Waals surface area contributed by atoms with Gasteiger partial charge < -0.3 is 10.2 Å². The third-order valence-electron chi connectivity index (χ3n) is 3.91. The average molecular weight is 291 g/mol. The number of rotatable bonds is 3. The fraction of sp³-hybridized carbons (Fsp3) is 0.235. The number of benzene rings is 1.